The third-order valence-corrected chi connectivity index (χ3v) is 3.07. The van der Waals surface area contributed by atoms with Gasteiger partial charge in [0.15, 0.2) is 0 Å². The van der Waals surface area contributed by atoms with Crippen LogP contribution in [-0.2, 0) is 11.3 Å². The molecule has 0 spiro atoms. The van der Waals surface area contributed by atoms with Gasteiger partial charge in [-0.3, -0.25) is 9.48 Å². The van der Waals surface area contributed by atoms with Gasteiger partial charge in [-0.05, 0) is 13.8 Å². The summed E-state index contributed by atoms with van der Waals surface area (Å²) < 4.78 is 1.71. The number of hydrogen-bond acceptors (Lipinski definition) is 3. The van der Waals surface area contributed by atoms with E-state index >= 15 is 0 Å². The van der Waals surface area contributed by atoms with E-state index in [1.54, 1.807) is 4.68 Å². The van der Waals surface area contributed by atoms with Crippen LogP contribution < -0.4 is 11.1 Å². The third kappa shape index (κ3) is 3.44. The highest BCUT2D eigenvalue weighted by atomic mass is 35.5. The molecule has 0 aliphatic heterocycles. The highest BCUT2D eigenvalue weighted by Crippen LogP contribution is 2.18. The smallest absolute Gasteiger partial charge is 0.236 e. The van der Waals surface area contributed by atoms with Crippen LogP contribution in [0.2, 0.25) is 5.02 Å². The van der Waals surface area contributed by atoms with E-state index in [-0.39, 0.29) is 11.9 Å². The van der Waals surface area contributed by atoms with Gasteiger partial charge in [-0.15, -0.1) is 0 Å². The Morgan fingerprint density at radius 2 is 2.12 bits per heavy atom. The number of aryl methyl sites for hydroxylation is 1. The number of hydrogen-bond donors (Lipinski definition) is 2. The predicted molar refractivity (Wildman–Crippen MR) is 68.0 cm³/mol. The molecule has 1 unspecified atom stereocenters. The first-order valence-electron chi connectivity index (χ1n) is 5.57. The topological polar surface area (TPSA) is 72.9 Å². The SMILES string of the molecule is Cc1nn(CC(NC(C)C)C(N)=O)c(C)c1Cl. The lowest BCUT2D eigenvalue weighted by Gasteiger charge is -2.18. The number of primary amides is 1. The Kier molecular flexibility index (Phi) is 4.54. The second-order valence-corrected chi connectivity index (χ2v) is 4.82. The first kappa shape index (κ1) is 14.0. The van der Waals surface area contributed by atoms with Crippen molar-refractivity contribution >= 4 is 17.5 Å². The first-order chi connectivity index (χ1) is 7.82. The van der Waals surface area contributed by atoms with Gasteiger partial charge >= 0.3 is 0 Å². The van der Waals surface area contributed by atoms with Crippen molar-refractivity contribution < 1.29 is 4.79 Å². The molecule has 1 rings (SSSR count). The summed E-state index contributed by atoms with van der Waals surface area (Å²) in [6, 6.07) is -0.260. The molecule has 0 aliphatic carbocycles. The molecule has 0 saturated heterocycles. The number of amides is 1. The van der Waals surface area contributed by atoms with Crippen LogP contribution >= 0.6 is 11.6 Å². The van der Waals surface area contributed by atoms with Crippen molar-refractivity contribution in [3.63, 3.8) is 0 Å². The van der Waals surface area contributed by atoms with Crippen molar-refractivity contribution in [1.29, 1.82) is 0 Å². The standard InChI is InChI=1S/C11H19ClN4O/c1-6(2)14-9(11(13)17)5-16-8(4)10(12)7(3)15-16/h6,9,14H,5H2,1-4H3,(H2,13,17). The average molecular weight is 259 g/mol. The molecule has 0 radical (unpaired) electrons. The summed E-state index contributed by atoms with van der Waals surface area (Å²) in [5.41, 5.74) is 6.96. The van der Waals surface area contributed by atoms with Crippen LogP contribution in [0.5, 0.6) is 0 Å². The Labute approximate surface area is 106 Å². The van der Waals surface area contributed by atoms with Gasteiger partial charge in [0, 0.05) is 6.04 Å². The van der Waals surface area contributed by atoms with E-state index < -0.39 is 6.04 Å². The molecule has 0 saturated carbocycles. The molecular formula is C11H19ClN4O. The molecule has 5 nitrogen and oxygen atoms in total. The summed E-state index contributed by atoms with van der Waals surface area (Å²) >= 11 is 6.05. The number of aromatic nitrogens is 2. The van der Waals surface area contributed by atoms with E-state index in [1.807, 2.05) is 27.7 Å². The Bertz CT molecular complexity index is 414. The number of nitrogens with zero attached hydrogens (tertiary/aromatic N) is 2. The minimum absolute atomic E-state index is 0.180. The van der Waals surface area contributed by atoms with E-state index in [0.717, 1.165) is 11.4 Å². The van der Waals surface area contributed by atoms with Crippen LogP contribution in [0.4, 0.5) is 0 Å². The van der Waals surface area contributed by atoms with Crippen LogP contribution in [0.1, 0.15) is 25.2 Å². The number of nitrogens with one attached hydrogen (secondary N) is 1. The highest BCUT2D eigenvalue weighted by molar-refractivity contribution is 6.31. The summed E-state index contributed by atoms with van der Waals surface area (Å²) in [6.07, 6.45) is 0. The maximum atomic E-state index is 11.3. The zero-order valence-electron chi connectivity index (χ0n) is 10.6. The Balaban J connectivity index is 2.86. The minimum atomic E-state index is -0.441. The van der Waals surface area contributed by atoms with E-state index in [2.05, 4.69) is 10.4 Å². The monoisotopic (exact) mass is 258 g/mol. The lowest BCUT2D eigenvalue weighted by molar-refractivity contribution is -0.120. The van der Waals surface area contributed by atoms with Crippen LogP contribution in [0.15, 0.2) is 0 Å². The number of carbonyl (C=O) groups is 1. The fraction of sp³-hybridized carbons (Fsp3) is 0.636. The summed E-state index contributed by atoms with van der Waals surface area (Å²) in [5, 5.41) is 8.02. The van der Waals surface area contributed by atoms with E-state index in [0.29, 0.717) is 11.6 Å². The fourth-order valence-corrected chi connectivity index (χ4v) is 1.79. The van der Waals surface area contributed by atoms with Crippen molar-refractivity contribution in [1.82, 2.24) is 15.1 Å². The second kappa shape index (κ2) is 5.51. The van der Waals surface area contributed by atoms with Crippen LogP contribution in [0, 0.1) is 13.8 Å². The molecular weight excluding hydrogens is 240 g/mol. The van der Waals surface area contributed by atoms with Gasteiger partial charge in [-0.25, -0.2) is 0 Å². The van der Waals surface area contributed by atoms with E-state index in [1.165, 1.54) is 0 Å². The molecule has 1 amide bonds. The van der Waals surface area contributed by atoms with Crippen LogP contribution in [-0.4, -0.2) is 27.8 Å². The number of rotatable bonds is 5. The van der Waals surface area contributed by atoms with Gasteiger partial charge in [-0.1, -0.05) is 25.4 Å². The first-order valence-corrected chi connectivity index (χ1v) is 5.95. The summed E-state index contributed by atoms with van der Waals surface area (Å²) in [4.78, 5) is 11.3. The molecule has 1 atom stereocenters. The maximum Gasteiger partial charge on any atom is 0.236 e. The van der Waals surface area contributed by atoms with Gasteiger partial charge in [-0.2, -0.15) is 5.10 Å². The minimum Gasteiger partial charge on any atom is -0.368 e. The second-order valence-electron chi connectivity index (χ2n) is 4.44. The van der Waals surface area contributed by atoms with Gasteiger partial charge < -0.3 is 11.1 Å². The average Bonchev–Trinajstić information content (AvgIpc) is 2.44. The molecule has 1 aromatic heterocycles. The lowest BCUT2D eigenvalue weighted by atomic mass is 10.2. The highest BCUT2D eigenvalue weighted by Gasteiger charge is 2.19. The quantitative estimate of drug-likeness (QED) is 0.828. The van der Waals surface area contributed by atoms with Gasteiger partial charge in [0.2, 0.25) is 5.91 Å². The van der Waals surface area contributed by atoms with Gasteiger partial charge in [0.05, 0.1) is 23.0 Å². The maximum absolute atomic E-state index is 11.3. The summed E-state index contributed by atoms with van der Waals surface area (Å²) in [5.74, 6) is -0.387. The zero-order chi connectivity index (χ0) is 13.2. The molecule has 0 bridgehead atoms. The number of nitrogens with two attached hydrogens (primary N) is 1. The van der Waals surface area contributed by atoms with Crippen LogP contribution in [0.25, 0.3) is 0 Å². The predicted octanol–water partition coefficient (Wildman–Crippen LogP) is 1.01. The lowest BCUT2D eigenvalue weighted by Crippen LogP contribution is -2.47. The van der Waals surface area contributed by atoms with Crippen molar-refractivity contribution in [3.05, 3.63) is 16.4 Å². The Morgan fingerprint density at radius 3 is 2.47 bits per heavy atom. The molecule has 0 fully saturated rings. The largest absolute Gasteiger partial charge is 0.368 e. The molecule has 96 valence electrons. The molecule has 6 heteroatoms. The number of carbonyl (C=O) groups excluding carboxylic acids is 1. The molecule has 0 aromatic carbocycles. The normalized spacial score (nSPS) is 13.1. The summed E-state index contributed by atoms with van der Waals surface area (Å²) in [6.45, 7) is 8.03. The molecule has 0 aliphatic rings. The van der Waals surface area contributed by atoms with Crippen molar-refractivity contribution in [3.8, 4) is 0 Å². The third-order valence-electron chi connectivity index (χ3n) is 2.53. The Morgan fingerprint density at radius 1 is 1.53 bits per heavy atom. The summed E-state index contributed by atoms with van der Waals surface area (Å²) in [7, 11) is 0. The molecule has 1 heterocycles. The molecule has 1 aromatic rings. The van der Waals surface area contributed by atoms with Crippen molar-refractivity contribution in [2.24, 2.45) is 5.73 Å². The van der Waals surface area contributed by atoms with E-state index in [4.69, 9.17) is 17.3 Å². The van der Waals surface area contributed by atoms with Crippen molar-refractivity contribution in [2.75, 3.05) is 0 Å². The van der Waals surface area contributed by atoms with Crippen LogP contribution in [0.3, 0.4) is 0 Å². The van der Waals surface area contributed by atoms with Gasteiger partial charge in [0.25, 0.3) is 0 Å². The molecule has 3 N–H and O–H groups in total. The number of halogens is 1. The fourth-order valence-electron chi connectivity index (χ4n) is 1.65. The molecule has 17 heavy (non-hydrogen) atoms. The Hall–Kier alpha value is -1.07. The van der Waals surface area contributed by atoms with E-state index in [9.17, 15) is 4.79 Å². The van der Waals surface area contributed by atoms with Crippen molar-refractivity contribution in [2.45, 2.75) is 46.3 Å². The van der Waals surface area contributed by atoms with Gasteiger partial charge in [0.1, 0.15) is 6.04 Å². The zero-order valence-corrected chi connectivity index (χ0v) is 11.4.